The standard InChI is InChI=1S/C14H19FO2S/c1-11-8-12(2-3-13(11)15)17-9-14(10-18)4-6-16-7-5-14/h2-3,8,18H,4-7,9-10H2,1H3. The maximum Gasteiger partial charge on any atom is 0.126 e. The third-order valence-electron chi connectivity index (χ3n) is 3.56. The summed E-state index contributed by atoms with van der Waals surface area (Å²) >= 11 is 4.44. The van der Waals surface area contributed by atoms with Crippen molar-refractivity contribution < 1.29 is 13.9 Å². The van der Waals surface area contributed by atoms with Crippen molar-refractivity contribution in [2.75, 3.05) is 25.6 Å². The molecule has 18 heavy (non-hydrogen) atoms. The molecule has 0 N–H and O–H groups in total. The minimum absolute atomic E-state index is 0.0870. The molecule has 1 aliphatic heterocycles. The Labute approximate surface area is 113 Å². The lowest BCUT2D eigenvalue weighted by molar-refractivity contribution is 0.00309. The summed E-state index contributed by atoms with van der Waals surface area (Å²) in [6.07, 6.45) is 1.94. The number of aryl methyl sites for hydroxylation is 1. The molecule has 1 heterocycles. The number of halogens is 1. The smallest absolute Gasteiger partial charge is 0.126 e. The molecule has 0 aliphatic carbocycles. The van der Waals surface area contributed by atoms with Crippen molar-refractivity contribution in [3.05, 3.63) is 29.6 Å². The van der Waals surface area contributed by atoms with Crippen molar-refractivity contribution in [3.8, 4) is 5.75 Å². The van der Waals surface area contributed by atoms with Gasteiger partial charge in [-0.25, -0.2) is 4.39 Å². The van der Waals surface area contributed by atoms with Crippen LogP contribution in [0.2, 0.25) is 0 Å². The monoisotopic (exact) mass is 270 g/mol. The van der Waals surface area contributed by atoms with E-state index in [9.17, 15) is 4.39 Å². The molecule has 0 amide bonds. The molecule has 4 heteroatoms. The highest BCUT2D eigenvalue weighted by atomic mass is 32.1. The molecular weight excluding hydrogens is 251 g/mol. The van der Waals surface area contributed by atoms with Gasteiger partial charge in [0.1, 0.15) is 11.6 Å². The van der Waals surface area contributed by atoms with E-state index in [1.807, 2.05) is 0 Å². The third kappa shape index (κ3) is 3.18. The summed E-state index contributed by atoms with van der Waals surface area (Å²) in [5, 5.41) is 0. The van der Waals surface area contributed by atoms with Gasteiger partial charge in [-0.2, -0.15) is 12.6 Å². The van der Waals surface area contributed by atoms with E-state index in [2.05, 4.69) is 12.6 Å². The lowest BCUT2D eigenvalue weighted by Crippen LogP contribution is -2.36. The van der Waals surface area contributed by atoms with Crippen LogP contribution >= 0.6 is 12.6 Å². The normalized spacial score (nSPS) is 18.6. The Bertz CT molecular complexity index is 403. The maximum atomic E-state index is 13.2. The second kappa shape index (κ2) is 5.93. The minimum Gasteiger partial charge on any atom is -0.493 e. The van der Waals surface area contributed by atoms with E-state index in [0.29, 0.717) is 12.2 Å². The number of benzene rings is 1. The molecule has 2 rings (SSSR count). The third-order valence-corrected chi connectivity index (χ3v) is 4.23. The predicted octanol–water partition coefficient (Wildman–Crippen LogP) is 3.24. The first-order chi connectivity index (χ1) is 8.65. The highest BCUT2D eigenvalue weighted by Gasteiger charge is 2.32. The van der Waals surface area contributed by atoms with Gasteiger partial charge in [0, 0.05) is 18.6 Å². The van der Waals surface area contributed by atoms with E-state index >= 15 is 0 Å². The van der Waals surface area contributed by atoms with Crippen LogP contribution in [-0.4, -0.2) is 25.6 Å². The molecule has 100 valence electrons. The first-order valence-electron chi connectivity index (χ1n) is 6.23. The fraction of sp³-hybridized carbons (Fsp3) is 0.571. The predicted molar refractivity (Wildman–Crippen MR) is 73.0 cm³/mol. The van der Waals surface area contributed by atoms with Gasteiger partial charge in [0.05, 0.1) is 6.61 Å². The quantitative estimate of drug-likeness (QED) is 0.847. The van der Waals surface area contributed by atoms with Gasteiger partial charge in [-0.1, -0.05) is 0 Å². The Hall–Kier alpha value is -0.740. The summed E-state index contributed by atoms with van der Waals surface area (Å²) in [7, 11) is 0. The van der Waals surface area contributed by atoms with E-state index in [1.165, 1.54) is 6.07 Å². The highest BCUT2D eigenvalue weighted by molar-refractivity contribution is 7.80. The van der Waals surface area contributed by atoms with Gasteiger partial charge >= 0.3 is 0 Å². The molecule has 0 aromatic heterocycles. The Morgan fingerprint density at radius 1 is 1.39 bits per heavy atom. The molecule has 1 aromatic carbocycles. The topological polar surface area (TPSA) is 18.5 Å². The molecule has 0 spiro atoms. The van der Waals surface area contributed by atoms with Crippen LogP contribution in [0, 0.1) is 18.2 Å². The van der Waals surface area contributed by atoms with E-state index < -0.39 is 0 Å². The number of hydrogen-bond donors (Lipinski definition) is 1. The molecular formula is C14H19FO2S. The summed E-state index contributed by atoms with van der Waals surface area (Å²) in [5.41, 5.74) is 0.698. The first kappa shape index (κ1) is 13.7. The highest BCUT2D eigenvalue weighted by Crippen LogP contribution is 2.32. The Morgan fingerprint density at radius 3 is 2.72 bits per heavy atom. The zero-order valence-electron chi connectivity index (χ0n) is 10.6. The van der Waals surface area contributed by atoms with Gasteiger partial charge in [0.2, 0.25) is 0 Å². The van der Waals surface area contributed by atoms with Crippen LogP contribution in [0.1, 0.15) is 18.4 Å². The van der Waals surface area contributed by atoms with Crippen molar-refractivity contribution in [1.29, 1.82) is 0 Å². The maximum absolute atomic E-state index is 13.2. The Kier molecular flexibility index (Phi) is 4.51. The second-order valence-corrected chi connectivity index (χ2v) is 5.29. The largest absolute Gasteiger partial charge is 0.493 e. The van der Waals surface area contributed by atoms with Crippen LogP contribution in [0.25, 0.3) is 0 Å². The molecule has 0 radical (unpaired) electrons. The number of hydrogen-bond acceptors (Lipinski definition) is 3. The molecule has 0 bridgehead atoms. The molecule has 1 aromatic rings. The van der Waals surface area contributed by atoms with Gasteiger partial charge < -0.3 is 9.47 Å². The van der Waals surface area contributed by atoms with Crippen molar-refractivity contribution in [2.24, 2.45) is 5.41 Å². The summed E-state index contributed by atoms with van der Waals surface area (Å²) in [6.45, 7) is 3.90. The van der Waals surface area contributed by atoms with Crippen molar-refractivity contribution in [3.63, 3.8) is 0 Å². The van der Waals surface area contributed by atoms with Gasteiger partial charge in [-0.05, 0) is 49.3 Å². The lowest BCUT2D eigenvalue weighted by atomic mass is 9.83. The summed E-state index contributed by atoms with van der Waals surface area (Å²) in [4.78, 5) is 0. The van der Waals surface area contributed by atoms with Crippen LogP contribution in [0.5, 0.6) is 5.75 Å². The fourth-order valence-electron chi connectivity index (χ4n) is 2.10. The fourth-order valence-corrected chi connectivity index (χ4v) is 2.50. The molecule has 1 saturated heterocycles. The van der Waals surface area contributed by atoms with E-state index in [-0.39, 0.29) is 11.2 Å². The number of thiol groups is 1. The summed E-state index contributed by atoms with van der Waals surface area (Å²) in [6, 6.07) is 4.86. The van der Waals surface area contributed by atoms with Crippen molar-refractivity contribution in [1.82, 2.24) is 0 Å². The van der Waals surface area contributed by atoms with Crippen LogP contribution in [0.15, 0.2) is 18.2 Å². The molecule has 2 nitrogen and oxygen atoms in total. The number of ether oxygens (including phenoxy) is 2. The van der Waals surface area contributed by atoms with E-state index in [0.717, 1.165) is 37.6 Å². The zero-order chi connectivity index (χ0) is 13.0. The van der Waals surface area contributed by atoms with Crippen LogP contribution in [0.3, 0.4) is 0 Å². The molecule has 1 fully saturated rings. The molecule has 0 unspecified atom stereocenters. The van der Waals surface area contributed by atoms with Crippen molar-refractivity contribution in [2.45, 2.75) is 19.8 Å². The molecule has 0 saturated carbocycles. The van der Waals surface area contributed by atoms with Crippen LogP contribution < -0.4 is 4.74 Å². The molecule has 1 aliphatic rings. The SMILES string of the molecule is Cc1cc(OCC2(CS)CCOCC2)ccc1F. The average molecular weight is 270 g/mol. The van der Waals surface area contributed by atoms with Gasteiger partial charge in [0.15, 0.2) is 0 Å². The Balaban J connectivity index is 1.98. The van der Waals surface area contributed by atoms with E-state index in [4.69, 9.17) is 9.47 Å². The average Bonchev–Trinajstić information content (AvgIpc) is 2.41. The van der Waals surface area contributed by atoms with Crippen molar-refractivity contribution >= 4 is 12.6 Å². The lowest BCUT2D eigenvalue weighted by Gasteiger charge is -2.35. The van der Waals surface area contributed by atoms with Gasteiger partial charge in [0.25, 0.3) is 0 Å². The van der Waals surface area contributed by atoms with E-state index in [1.54, 1.807) is 19.1 Å². The van der Waals surface area contributed by atoms with Gasteiger partial charge in [-0.3, -0.25) is 0 Å². The summed E-state index contributed by atoms with van der Waals surface area (Å²) in [5.74, 6) is 1.31. The zero-order valence-corrected chi connectivity index (χ0v) is 11.5. The summed E-state index contributed by atoms with van der Waals surface area (Å²) < 4.78 is 24.3. The van der Waals surface area contributed by atoms with Crippen LogP contribution in [-0.2, 0) is 4.74 Å². The van der Waals surface area contributed by atoms with Gasteiger partial charge in [-0.15, -0.1) is 0 Å². The minimum atomic E-state index is -0.197. The second-order valence-electron chi connectivity index (χ2n) is 4.97. The van der Waals surface area contributed by atoms with Crippen LogP contribution in [0.4, 0.5) is 4.39 Å². The first-order valence-corrected chi connectivity index (χ1v) is 6.86. The molecule has 0 atom stereocenters. The number of rotatable bonds is 4. The Morgan fingerprint density at radius 2 is 2.11 bits per heavy atom.